The summed E-state index contributed by atoms with van der Waals surface area (Å²) in [5.74, 6) is -4.32. The number of nitrogens with zero attached hydrogens (tertiary/aromatic N) is 7. The summed E-state index contributed by atoms with van der Waals surface area (Å²) in [6.45, 7) is 0. The van der Waals surface area contributed by atoms with E-state index in [1.54, 1.807) is 29.8 Å². The van der Waals surface area contributed by atoms with Gasteiger partial charge in [-0.05, 0) is 69.0 Å². The van der Waals surface area contributed by atoms with Gasteiger partial charge < -0.3 is 39.6 Å². The minimum absolute atomic E-state index is 0. The normalized spacial score (nSPS) is 9.56. The van der Waals surface area contributed by atoms with Gasteiger partial charge in [-0.1, -0.05) is 72.3 Å². The molecule has 0 unspecified atom stereocenters. The van der Waals surface area contributed by atoms with Crippen LogP contribution in [0.15, 0.2) is 205 Å². The molecule has 3 radical (unpaired) electrons. The summed E-state index contributed by atoms with van der Waals surface area (Å²) in [7, 11) is 3.76. The number of thiazole rings is 1. The van der Waals surface area contributed by atoms with Crippen molar-refractivity contribution in [1.82, 2.24) is 29.9 Å². The van der Waals surface area contributed by atoms with Gasteiger partial charge in [-0.3, -0.25) is 8.78 Å². The van der Waals surface area contributed by atoms with Crippen LogP contribution in [-0.2, 0) is 60.3 Å². The number of oxazole rings is 1. The largest absolute Gasteiger partial charge is 0.477 e. The second-order valence-electron chi connectivity index (χ2n) is 15.0. The van der Waals surface area contributed by atoms with Crippen LogP contribution in [0.4, 0.5) is 14.5 Å². The Morgan fingerprint density at radius 2 is 1.12 bits per heavy atom. The van der Waals surface area contributed by atoms with Gasteiger partial charge in [-0.2, -0.15) is 0 Å². The van der Waals surface area contributed by atoms with Crippen LogP contribution >= 0.6 is 11.3 Å². The Balaban J connectivity index is 0.000000248. The molecule has 0 aliphatic rings. The summed E-state index contributed by atoms with van der Waals surface area (Å²) in [6, 6.07) is 55.7. The number of carboxylic acid groups (broad SMARTS) is 3. The first kappa shape index (κ1) is 63.4. The predicted molar refractivity (Wildman–Crippen MR) is 279 cm³/mol. The molecule has 5 aromatic carbocycles. The third-order valence-electron chi connectivity index (χ3n) is 9.80. The fourth-order valence-electron chi connectivity index (χ4n) is 6.36. The van der Waals surface area contributed by atoms with Crippen molar-refractivity contribution in [2.75, 3.05) is 19.0 Å². The first-order valence-corrected chi connectivity index (χ1v) is 22.8. The number of aromatic carboxylic acids is 3. The van der Waals surface area contributed by atoms with Crippen molar-refractivity contribution in [3.05, 3.63) is 247 Å². The monoisotopic (exact) mass is 1590 g/mol. The van der Waals surface area contributed by atoms with Crippen LogP contribution in [-0.4, -0.2) is 77.2 Å². The Hall–Kier alpha value is -7.92. The van der Waals surface area contributed by atoms with E-state index in [1.165, 1.54) is 40.0 Å². The van der Waals surface area contributed by atoms with E-state index in [1.807, 2.05) is 122 Å². The molecular formula is C57H42F2Ir3N7O7S-3. The number of pyridine rings is 4. The SMILES string of the molecule is CN(C)c1ccnc(-c2[c-]cc(F)cc2F)c1.O=C(O)c1ccccn1.O=C(O)c1cocn1.O=C(O)c1nccs1.[Ir].[Ir].[Ir].[c-]1ccccc1-c1nccc2ccccc12.[c-]1ccccc1-c1nccc2ccccc12. The summed E-state index contributed by atoms with van der Waals surface area (Å²) in [5, 5.41) is 31.2. The van der Waals surface area contributed by atoms with Crippen LogP contribution in [0.25, 0.3) is 55.3 Å². The molecule has 6 heterocycles. The van der Waals surface area contributed by atoms with E-state index in [4.69, 9.17) is 15.3 Å². The predicted octanol–water partition coefficient (Wildman–Crippen LogP) is 12.3. The van der Waals surface area contributed by atoms with E-state index in [-0.39, 0.29) is 82.3 Å². The van der Waals surface area contributed by atoms with Crippen LogP contribution in [0.5, 0.6) is 0 Å². The third kappa shape index (κ3) is 19.6. The molecule has 0 bridgehead atoms. The molecule has 0 fully saturated rings. The summed E-state index contributed by atoms with van der Waals surface area (Å²) < 4.78 is 30.7. The van der Waals surface area contributed by atoms with Crippen molar-refractivity contribution in [3.8, 4) is 33.8 Å². The van der Waals surface area contributed by atoms with Crippen molar-refractivity contribution in [3.63, 3.8) is 0 Å². The Bertz CT molecular complexity index is 3350. The zero-order valence-electron chi connectivity index (χ0n) is 40.3. The molecule has 0 aliphatic heterocycles. The maximum Gasteiger partial charge on any atom is 0.364 e. The van der Waals surface area contributed by atoms with Gasteiger partial charge in [0.15, 0.2) is 12.1 Å². The Morgan fingerprint density at radius 3 is 1.53 bits per heavy atom. The number of fused-ring (bicyclic) bond motifs is 2. The molecule has 3 N–H and O–H groups in total. The fourth-order valence-corrected chi connectivity index (χ4v) is 6.83. The number of anilines is 1. The number of carbonyl (C=O) groups is 3. The molecule has 397 valence electrons. The van der Waals surface area contributed by atoms with Crippen LogP contribution < -0.4 is 4.90 Å². The Kier molecular flexibility index (Phi) is 27.3. The Morgan fingerprint density at radius 1 is 0.558 bits per heavy atom. The van der Waals surface area contributed by atoms with Crippen LogP contribution in [0.2, 0.25) is 0 Å². The molecular weight excluding hydrogens is 1540 g/mol. The summed E-state index contributed by atoms with van der Waals surface area (Å²) in [5.41, 5.74) is 5.61. The minimum atomic E-state index is -1.07. The molecule has 0 saturated carbocycles. The van der Waals surface area contributed by atoms with Crippen molar-refractivity contribution >= 4 is 56.5 Å². The van der Waals surface area contributed by atoms with Crippen molar-refractivity contribution in [1.29, 1.82) is 0 Å². The molecule has 11 rings (SSSR count). The zero-order valence-corrected chi connectivity index (χ0v) is 48.3. The molecule has 14 nitrogen and oxygen atoms in total. The first-order valence-electron chi connectivity index (χ1n) is 21.9. The van der Waals surface area contributed by atoms with Crippen LogP contribution in [0.3, 0.4) is 0 Å². The Labute approximate surface area is 485 Å². The number of benzene rings is 5. The third-order valence-corrected chi connectivity index (χ3v) is 10.6. The molecule has 0 atom stereocenters. The number of aromatic nitrogens is 6. The van der Waals surface area contributed by atoms with Gasteiger partial charge in [-0.25, -0.2) is 29.3 Å². The first-order chi connectivity index (χ1) is 35.9. The average Bonchev–Trinajstić information content (AvgIpc) is 4.21. The maximum absolute atomic E-state index is 13.5. The molecule has 20 heteroatoms. The molecule has 0 saturated heterocycles. The van der Waals surface area contributed by atoms with Crippen LogP contribution in [0.1, 0.15) is 30.8 Å². The van der Waals surface area contributed by atoms with Gasteiger partial charge in [0.2, 0.25) is 5.01 Å². The van der Waals surface area contributed by atoms with Gasteiger partial charge >= 0.3 is 17.9 Å². The number of carboxylic acids is 3. The standard InChI is InChI=1S/2C15H10N.C13H11F2N2.C6H5NO2.C4H3NO3.C4H3NO2S.3Ir/c2*1-2-7-13(8-3-1)15-14-9-5-4-6-12(14)10-11-16-15;1-17(2)10-5-6-16-13(8-10)11-4-3-9(14)7-12(11)15;8-6(9)5-3-1-2-4-7-5;6-4(7)3-1-8-2-5-3;6-4(7)3-5-1-2-8-3;;;/h2*1-7,9-11H;3,5-8H,1-2H3;1-4H,(H,8,9);2*1-2H,(H,6,7);;;/q3*-1;;;;;;. The van der Waals surface area contributed by atoms with E-state index < -0.39 is 29.5 Å². The summed E-state index contributed by atoms with van der Waals surface area (Å²) in [4.78, 5) is 55.4. The minimum Gasteiger partial charge on any atom is -0.477 e. The second-order valence-corrected chi connectivity index (χ2v) is 15.9. The van der Waals surface area contributed by atoms with E-state index in [2.05, 4.69) is 76.8 Å². The van der Waals surface area contributed by atoms with Crippen molar-refractivity contribution < 1.29 is 103 Å². The molecule has 11 aromatic rings. The smallest absolute Gasteiger partial charge is 0.364 e. The van der Waals surface area contributed by atoms with E-state index in [9.17, 15) is 23.2 Å². The average molecular weight is 1580 g/mol. The zero-order chi connectivity index (χ0) is 52.7. The van der Waals surface area contributed by atoms with Gasteiger partial charge in [0, 0.05) is 128 Å². The van der Waals surface area contributed by atoms with E-state index in [0.29, 0.717) is 5.69 Å². The summed E-state index contributed by atoms with van der Waals surface area (Å²) >= 11 is 1.12. The number of halogens is 2. The topological polar surface area (TPSA) is 206 Å². The van der Waals surface area contributed by atoms with Gasteiger partial charge in [0.1, 0.15) is 12.0 Å². The molecule has 6 aromatic heterocycles. The fraction of sp³-hybridized carbons (Fsp3) is 0.0351. The molecule has 0 aliphatic carbocycles. The maximum atomic E-state index is 13.5. The number of rotatable bonds is 7. The van der Waals surface area contributed by atoms with Crippen LogP contribution in [0, 0.1) is 29.8 Å². The van der Waals surface area contributed by atoms with Crippen molar-refractivity contribution in [2.45, 2.75) is 0 Å². The van der Waals surface area contributed by atoms with Gasteiger partial charge in [0.25, 0.3) is 0 Å². The summed E-state index contributed by atoms with van der Waals surface area (Å²) in [6.07, 6.45) is 10.3. The van der Waals surface area contributed by atoms with E-state index >= 15 is 0 Å². The van der Waals surface area contributed by atoms with Crippen molar-refractivity contribution in [2.24, 2.45) is 0 Å². The number of hydrogen-bond acceptors (Lipinski definition) is 12. The molecule has 0 spiro atoms. The van der Waals surface area contributed by atoms with Gasteiger partial charge in [0.05, 0.1) is 0 Å². The quantitative estimate of drug-likeness (QED) is 0.127. The molecule has 0 amide bonds. The van der Waals surface area contributed by atoms with E-state index in [0.717, 1.165) is 64.3 Å². The number of hydrogen-bond donors (Lipinski definition) is 3. The second kappa shape index (κ2) is 33.2. The molecule has 77 heavy (non-hydrogen) atoms. The van der Waals surface area contributed by atoms with Gasteiger partial charge in [-0.15, -0.1) is 95.3 Å².